The van der Waals surface area contributed by atoms with Gasteiger partial charge in [0.2, 0.25) is 5.91 Å². The molecule has 2 aliphatic rings. The Hall–Kier alpha value is -3.82. The second-order valence-electron chi connectivity index (χ2n) is 11.5. The first-order valence-corrected chi connectivity index (χ1v) is 15.1. The van der Waals surface area contributed by atoms with Crippen LogP contribution >= 0.6 is 0 Å². The largest absolute Gasteiger partial charge is 0.379 e. The normalized spacial score (nSPS) is 19.3. The van der Waals surface area contributed by atoms with Gasteiger partial charge in [-0.1, -0.05) is 19.4 Å². The lowest BCUT2D eigenvalue weighted by atomic mass is 10.00. The van der Waals surface area contributed by atoms with E-state index < -0.39 is 0 Å². The SMILES string of the molecule is CCC/C(=C\c1cc(C(=O)Nc2cc(NC(=O)CN3CCCC3C)ccc2C)cnc1C)c1cnn(C2CCOC2)c1. The van der Waals surface area contributed by atoms with Crippen molar-refractivity contribution in [3.05, 3.63) is 70.8 Å². The van der Waals surface area contributed by atoms with Crippen molar-refractivity contribution >= 4 is 34.8 Å². The minimum Gasteiger partial charge on any atom is -0.379 e. The van der Waals surface area contributed by atoms with Crippen molar-refractivity contribution in [2.45, 2.75) is 71.9 Å². The number of amides is 2. The van der Waals surface area contributed by atoms with E-state index in [0.717, 1.165) is 73.2 Å². The minimum absolute atomic E-state index is 0.0472. The molecule has 2 aromatic heterocycles. The van der Waals surface area contributed by atoms with Gasteiger partial charge in [-0.3, -0.25) is 24.2 Å². The van der Waals surface area contributed by atoms with Gasteiger partial charge >= 0.3 is 0 Å². The van der Waals surface area contributed by atoms with Crippen molar-refractivity contribution in [1.29, 1.82) is 0 Å². The fraction of sp³-hybridized carbons (Fsp3) is 0.455. The molecule has 222 valence electrons. The summed E-state index contributed by atoms with van der Waals surface area (Å²) in [5.74, 6) is -0.297. The first kappa shape index (κ1) is 29.7. The second kappa shape index (κ2) is 13.4. The Kier molecular flexibility index (Phi) is 9.49. The Morgan fingerprint density at radius 3 is 2.71 bits per heavy atom. The van der Waals surface area contributed by atoms with Crippen LogP contribution in [0.25, 0.3) is 11.6 Å². The zero-order chi connectivity index (χ0) is 29.6. The van der Waals surface area contributed by atoms with Crippen LogP contribution < -0.4 is 10.6 Å². The molecule has 0 bridgehead atoms. The summed E-state index contributed by atoms with van der Waals surface area (Å²) in [6, 6.07) is 8.17. The highest BCUT2D eigenvalue weighted by molar-refractivity contribution is 6.05. The number of rotatable bonds is 10. The van der Waals surface area contributed by atoms with Crippen LogP contribution in [0.2, 0.25) is 0 Å². The van der Waals surface area contributed by atoms with Crippen molar-refractivity contribution < 1.29 is 14.3 Å². The number of ether oxygens (including phenoxy) is 1. The van der Waals surface area contributed by atoms with Gasteiger partial charge < -0.3 is 15.4 Å². The van der Waals surface area contributed by atoms with Crippen LogP contribution in [0.5, 0.6) is 0 Å². The van der Waals surface area contributed by atoms with Crippen molar-refractivity contribution in [2.24, 2.45) is 0 Å². The molecule has 2 N–H and O–H groups in total. The Bertz CT molecular complexity index is 1460. The minimum atomic E-state index is -0.249. The van der Waals surface area contributed by atoms with E-state index in [4.69, 9.17) is 4.74 Å². The lowest BCUT2D eigenvalue weighted by molar-refractivity contribution is -0.117. The van der Waals surface area contributed by atoms with Crippen molar-refractivity contribution in [1.82, 2.24) is 19.7 Å². The number of likely N-dealkylation sites (tertiary alicyclic amines) is 1. The molecule has 3 aromatic rings. The standard InChI is InChI=1S/C33H42N6O3/c1-5-7-25(28-18-35-39(19-28)30-11-13-42-21-30)14-26-15-27(17-34-24(26)4)33(41)37-31-16-29(10-9-22(31)2)36-32(40)20-38-12-6-8-23(38)3/h9-10,14-19,23,30H,5-8,11-13,20-21H2,1-4H3,(H,36,40)(H,37,41)/b25-14+. The Morgan fingerprint density at radius 1 is 1.12 bits per heavy atom. The molecule has 2 fully saturated rings. The van der Waals surface area contributed by atoms with Crippen molar-refractivity contribution in [2.75, 3.05) is 36.9 Å². The fourth-order valence-electron chi connectivity index (χ4n) is 5.65. The van der Waals surface area contributed by atoms with E-state index in [2.05, 4.69) is 51.7 Å². The van der Waals surface area contributed by atoms with Crippen LogP contribution in [0, 0.1) is 13.8 Å². The third-order valence-electron chi connectivity index (χ3n) is 8.30. The summed E-state index contributed by atoms with van der Waals surface area (Å²) in [4.78, 5) is 32.8. The predicted octanol–water partition coefficient (Wildman–Crippen LogP) is 5.87. The van der Waals surface area contributed by atoms with E-state index in [0.29, 0.717) is 36.1 Å². The number of carbonyl (C=O) groups is 2. The molecule has 0 saturated carbocycles. The van der Waals surface area contributed by atoms with E-state index >= 15 is 0 Å². The average Bonchev–Trinajstić information content (AvgIpc) is 3.74. The molecule has 1 aromatic carbocycles. The maximum absolute atomic E-state index is 13.4. The van der Waals surface area contributed by atoms with Gasteiger partial charge in [0.25, 0.3) is 5.91 Å². The number of hydrogen-bond acceptors (Lipinski definition) is 6. The van der Waals surface area contributed by atoms with Crippen LogP contribution in [-0.2, 0) is 9.53 Å². The van der Waals surface area contributed by atoms with Crippen LogP contribution in [0.1, 0.15) is 84.7 Å². The molecule has 0 spiro atoms. The van der Waals surface area contributed by atoms with Gasteiger partial charge in [-0.2, -0.15) is 5.10 Å². The molecule has 9 nitrogen and oxygen atoms in total. The van der Waals surface area contributed by atoms with Crippen LogP contribution in [0.4, 0.5) is 11.4 Å². The second-order valence-corrected chi connectivity index (χ2v) is 11.5. The maximum Gasteiger partial charge on any atom is 0.257 e. The number of benzene rings is 1. The van der Waals surface area contributed by atoms with Gasteiger partial charge in [0.1, 0.15) is 0 Å². The number of anilines is 2. The lowest BCUT2D eigenvalue weighted by Gasteiger charge is -2.20. The van der Waals surface area contributed by atoms with E-state index in [-0.39, 0.29) is 17.9 Å². The maximum atomic E-state index is 13.4. The third kappa shape index (κ3) is 7.14. The summed E-state index contributed by atoms with van der Waals surface area (Å²) in [7, 11) is 0. The molecular formula is C33H42N6O3. The summed E-state index contributed by atoms with van der Waals surface area (Å²) in [6.07, 6.45) is 12.8. The number of aromatic nitrogens is 3. The molecule has 5 rings (SSSR count). The number of nitrogens with zero attached hydrogens (tertiary/aromatic N) is 4. The summed E-state index contributed by atoms with van der Waals surface area (Å²) in [5.41, 5.74) is 6.68. The first-order chi connectivity index (χ1) is 20.3. The Labute approximate surface area is 248 Å². The van der Waals surface area contributed by atoms with Gasteiger partial charge in [0.15, 0.2) is 0 Å². The smallest absolute Gasteiger partial charge is 0.257 e. The number of carbonyl (C=O) groups excluding carboxylic acids is 2. The van der Waals surface area contributed by atoms with Gasteiger partial charge in [0.05, 0.1) is 31.0 Å². The summed E-state index contributed by atoms with van der Waals surface area (Å²) >= 11 is 0. The Morgan fingerprint density at radius 2 is 1.98 bits per heavy atom. The van der Waals surface area contributed by atoms with E-state index in [1.807, 2.05) is 49.0 Å². The first-order valence-electron chi connectivity index (χ1n) is 15.1. The summed E-state index contributed by atoms with van der Waals surface area (Å²) in [5, 5.41) is 10.6. The van der Waals surface area contributed by atoms with E-state index in [1.54, 1.807) is 6.20 Å². The van der Waals surface area contributed by atoms with Crippen LogP contribution in [0.15, 0.2) is 42.9 Å². The van der Waals surface area contributed by atoms with Crippen molar-refractivity contribution in [3.8, 4) is 0 Å². The van der Waals surface area contributed by atoms with Crippen LogP contribution in [0.3, 0.4) is 0 Å². The predicted molar refractivity (Wildman–Crippen MR) is 166 cm³/mol. The summed E-state index contributed by atoms with van der Waals surface area (Å²) in [6.45, 7) is 11.0. The van der Waals surface area contributed by atoms with E-state index in [9.17, 15) is 9.59 Å². The average molecular weight is 571 g/mol. The number of aryl methyl sites for hydroxylation is 2. The monoisotopic (exact) mass is 570 g/mol. The number of pyridine rings is 1. The molecule has 0 aliphatic carbocycles. The highest BCUT2D eigenvalue weighted by Crippen LogP contribution is 2.27. The van der Waals surface area contributed by atoms with Gasteiger partial charge in [-0.05, 0) is 94.0 Å². The topological polar surface area (TPSA) is 101 Å². The molecular weight excluding hydrogens is 528 g/mol. The molecule has 2 atom stereocenters. The molecule has 4 heterocycles. The van der Waals surface area contributed by atoms with Gasteiger partial charge in [0, 0.05) is 47.7 Å². The highest BCUT2D eigenvalue weighted by Gasteiger charge is 2.23. The van der Waals surface area contributed by atoms with Gasteiger partial charge in [-0.15, -0.1) is 0 Å². The lowest BCUT2D eigenvalue weighted by Crippen LogP contribution is -2.35. The van der Waals surface area contributed by atoms with Gasteiger partial charge in [-0.25, -0.2) is 0 Å². The third-order valence-corrected chi connectivity index (χ3v) is 8.30. The number of nitrogens with one attached hydrogen (secondary N) is 2. The molecule has 2 amide bonds. The van der Waals surface area contributed by atoms with Crippen molar-refractivity contribution in [3.63, 3.8) is 0 Å². The quantitative estimate of drug-likeness (QED) is 0.316. The Balaban J connectivity index is 1.31. The van der Waals surface area contributed by atoms with E-state index in [1.165, 1.54) is 0 Å². The molecule has 42 heavy (non-hydrogen) atoms. The molecule has 2 unspecified atom stereocenters. The van der Waals surface area contributed by atoms with Crippen LogP contribution in [-0.4, -0.2) is 63.8 Å². The molecule has 2 saturated heterocycles. The zero-order valence-electron chi connectivity index (χ0n) is 25.2. The molecule has 0 radical (unpaired) electrons. The molecule has 9 heteroatoms. The molecule has 2 aliphatic heterocycles. The number of hydrogen-bond donors (Lipinski definition) is 2. The summed E-state index contributed by atoms with van der Waals surface area (Å²) < 4.78 is 7.54. The zero-order valence-corrected chi connectivity index (χ0v) is 25.2. The highest BCUT2D eigenvalue weighted by atomic mass is 16.5. The number of allylic oxidation sites excluding steroid dienone is 1. The fourth-order valence-corrected chi connectivity index (χ4v) is 5.65.